The van der Waals surface area contributed by atoms with Crippen LogP contribution in [0.3, 0.4) is 0 Å². The topological polar surface area (TPSA) is 83.4 Å². The van der Waals surface area contributed by atoms with E-state index in [9.17, 15) is 9.59 Å². The van der Waals surface area contributed by atoms with E-state index in [4.69, 9.17) is 0 Å². The zero-order chi connectivity index (χ0) is 18.4. The summed E-state index contributed by atoms with van der Waals surface area (Å²) in [6.07, 6.45) is 3.07. The molecule has 130 valence electrons. The van der Waals surface area contributed by atoms with Gasteiger partial charge in [0.1, 0.15) is 0 Å². The van der Waals surface area contributed by atoms with Crippen LogP contribution in [0.15, 0.2) is 71.4 Å². The summed E-state index contributed by atoms with van der Waals surface area (Å²) in [6.45, 7) is 1.78. The van der Waals surface area contributed by atoms with Crippen LogP contribution in [0.2, 0.25) is 0 Å². The third-order valence-electron chi connectivity index (χ3n) is 3.53. The Balaban J connectivity index is 1.68. The van der Waals surface area contributed by atoms with Crippen molar-refractivity contribution < 1.29 is 9.59 Å². The molecule has 0 bridgehead atoms. The van der Waals surface area contributed by atoms with Crippen molar-refractivity contribution in [3.05, 3.63) is 82.3 Å². The molecule has 2 aromatic heterocycles. The molecule has 0 atom stereocenters. The number of nitrogens with zero attached hydrogens (tertiary/aromatic N) is 2. The number of pyridine rings is 1. The van der Waals surface area contributed by atoms with Crippen molar-refractivity contribution in [1.82, 2.24) is 10.4 Å². The molecule has 0 aliphatic heterocycles. The van der Waals surface area contributed by atoms with Crippen LogP contribution in [0.5, 0.6) is 0 Å². The van der Waals surface area contributed by atoms with Crippen molar-refractivity contribution in [2.75, 3.05) is 5.32 Å². The summed E-state index contributed by atoms with van der Waals surface area (Å²) >= 11 is 1.38. The number of aromatic nitrogens is 1. The summed E-state index contributed by atoms with van der Waals surface area (Å²) in [7, 11) is 0. The number of rotatable bonds is 5. The molecular formula is C19H16N4O2S. The Bertz CT molecular complexity index is 937. The minimum absolute atomic E-state index is 0.156. The lowest BCUT2D eigenvalue weighted by molar-refractivity contribution is 0.0953. The van der Waals surface area contributed by atoms with E-state index in [0.29, 0.717) is 21.8 Å². The smallest absolute Gasteiger partial charge is 0.272 e. The predicted octanol–water partition coefficient (Wildman–Crippen LogP) is 3.55. The fourth-order valence-electron chi connectivity index (χ4n) is 2.18. The van der Waals surface area contributed by atoms with Gasteiger partial charge in [0.15, 0.2) is 0 Å². The van der Waals surface area contributed by atoms with Crippen LogP contribution >= 0.6 is 11.3 Å². The maximum atomic E-state index is 12.1. The number of benzene rings is 1. The lowest BCUT2D eigenvalue weighted by atomic mass is 10.1. The third kappa shape index (κ3) is 4.40. The molecule has 1 aromatic carbocycles. The summed E-state index contributed by atoms with van der Waals surface area (Å²) in [5.74, 6) is -0.490. The predicted molar refractivity (Wildman–Crippen MR) is 103 cm³/mol. The first-order chi connectivity index (χ1) is 12.6. The number of nitrogens with one attached hydrogen (secondary N) is 2. The zero-order valence-electron chi connectivity index (χ0n) is 14.0. The van der Waals surface area contributed by atoms with Gasteiger partial charge < -0.3 is 5.32 Å². The number of hydrogen-bond donors (Lipinski definition) is 2. The van der Waals surface area contributed by atoms with Crippen molar-refractivity contribution in [3.63, 3.8) is 0 Å². The van der Waals surface area contributed by atoms with E-state index in [0.717, 1.165) is 5.56 Å². The number of carbonyl (C=O) groups excluding carboxylic acids is 2. The number of hydrogen-bond acceptors (Lipinski definition) is 5. The lowest BCUT2D eigenvalue weighted by Gasteiger charge is -2.07. The lowest BCUT2D eigenvalue weighted by Crippen LogP contribution is -2.19. The van der Waals surface area contributed by atoms with Crippen molar-refractivity contribution in [2.24, 2.45) is 5.10 Å². The highest BCUT2D eigenvalue weighted by atomic mass is 32.1. The van der Waals surface area contributed by atoms with Gasteiger partial charge in [-0.05, 0) is 48.2 Å². The Hall–Kier alpha value is -3.32. The summed E-state index contributed by atoms with van der Waals surface area (Å²) in [4.78, 5) is 28.7. The molecule has 3 aromatic rings. The number of amides is 2. The Morgan fingerprint density at radius 2 is 1.88 bits per heavy atom. The Morgan fingerprint density at radius 1 is 1.04 bits per heavy atom. The van der Waals surface area contributed by atoms with Crippen LogP contribution in [0.4, 0.5) is 5.69 Å². The average Bonchev–Trinajstić information content (AvgIpc) is 3.22. The Morgan fingerprint density at radius 3 is 2.62 bits per heavy atom. The molecule has 7 heteroatoms. The monoisotopic (exact) mass is 364 g/mol. The molecule has 26 heavy (non-hydrogen) atoms. The van der Waals surface area contributed by atoms with Gasteiger partial charge in [0.2, 0.25) is 0 Å². The highest BCUT2D eigenvalue weighted by molar-refractivity contribution is 7.12. The molecule has 0 radical (unpaired) electrons. The molecule has 0 fully saturated rings. The average molecular weight is 364 g/mol. The van der Waals surface area contributed by atoms with Crippen molar-refractivity contribution in [2.45, 2.75) is 6.92 Å². The van der Waals surface area contributed by atoms with Gasteiger partial charge in [-0.25, -0.2) is 5.43 Å². The Kier molecular flexibility index (Phi) is 5.50. The molecule has 0 aliphatic carbocycles. The maximum absolute atomic E-state index is 12.1. The number of anilines is 1. The van der Waals surface area contributed by atoms with E-state index < -0.39 is 0 Å². The molecule has 0 saturated heterocycles. The van der Waals surface area contributed by atoms with Gasteiger partial charge in [0, 0.05) is 18.1 Å². The van der Waals surface area contributed by atoms with E-state index in [1.807, 2.05) is 23.6 Å². The molecule has 0 saturated carbocycles. The zero-order valence-corrected chi connectivity index (χ0v) is 14.8. The van der Waals surface area contributed by atoms with E-state index >= 15 is 0 Å². The van der Waals surface area contributed by atoms with Gasteiger partial charge in [0.25, 0.3) is 11.8 Å². The highest BCUT2D eigenvalue weighted by Gasteiger charge is 2.08. The minimum atomic E-state index is -0.334. The summed E-state index contributed by atoms with van der Waals surface area (Å²) in [6, 6.07) is 14.2. The van der Waals surface area contributed by atoms with Crippen molar-refractivity contribution in [1.29, 1.82) is 0 Å². The van der Waals surface area contributed by atoms with Crippen molar-refractivity contribution >= 4 is 34.6 Å². The second-order valence-corrected chi connectivity index (χ2v) is 6.34. The van der Waals surface area contributed by atoms with Gasteiger partial charge in [-0.15, -0.1) is 11.3 Å². The standard InChI is InChI=1S/C19H16N4O2S/c1-13(22-23-18(24)15-6-3-9-20-12-15)14-5-2-7-16(11-14)21-19(25)17-8-4-10-26-17/h2-12H,1H3,(H,21,25)(H,23,24). The molecule has 3 rings (SSSR count). The van der Waals surface area contributed by atoms with Crippen LogP contribution in [-0.4, -0.2) is 22.5 Å². The number of thiophene rings is 1. The largest absolute Gasteiger partial charge is 0.321 e. The van der Waals surface area contributed by atoms with Gasteiger partial charge in [-0.1, -0.05) is 18.2 Å². The quantitative estimate of drug-likeness (QED) is 0.536. The van der Waals surface area contributed by atoms with E-state index in [-0.39, 0.29) is 11.8 Å². The first-order valence-corrected chi connectivity index (χ1v) is 8.71. The maximum Gasteiger partial charge on any atom is 0.272 e. The molecule has 2 heterocycles. The molecule has 0 unspecified atom stereocenters. The first kappa shape index (κ1) is 17.5. The van der Waals surface area contributed by atoms with E-state index in [1.54, 1.807) is 43.5 Å². The van der Waals surface area contributed by atoms with Crippen LogP contribution < -0.4 is 10.7 Å². The van der Waals surface area contributed by atoms with Crippen LogP contribution in [0, 0.1) is 0 Å². The third-order valence-corrected chi connectivity index (χ3v) is 4.40. The molecule has 2 amide bonds. The van der Waals surface area contributed by atoms with Crippen LogP contribution in [0.1, 0.15) is 32.5 Å². The second kappa shape index (κ2) is 8.17. The van der Waals surface area contributed by atoms with Gasteiger partial charge >= 0.3 is 0 Å². The highest BCUT2D eigenvalue weighted by Crippen LogP contribution is 2.15. The summed E-state index contributed by atoms with van der Waals surface area (Å²) < 4.78 is 0. The number of hydrazone groups is 1. The summed E-state index contributed by atoms with van der Waals surface area (Å²) in [5, 5.41) is 8.82. The molecular weight excluding hydrogens is 348 g/mol. The fourth-order valence-corrected chi connectivity index (χ4v) is 2.80. The molecule has 0 aliphatic rings. The van der Waals surface area contributed by atoms with Crippen molar-refractivity contribution in [3.8, 4) is 0 Å². The SMILES string of the molecule is CC(=NNC(=O)c1cccnc1)c1cccc(NC(=O)c2cccs2)c1. The van der Waals surface area contributed by atoms with Gasteiger partial charge in [0.05, 0.1) is 16.2 Å². The van der Waals surface area contributed by atoms with Crippen LogP contribution in [-0.2, 0) is 0 Å². The molecule has 6 nitrogen and oxygen atoms in total. The summed E-state index contributed by atoms with van der Waals surface area (Å²) in [5.41, 5.74) is 5.01. The molecule has 0 spiro atoms. The number of carbonyl (C=O) groups is 2. The van der Waals surface area contributed by atoms with E-state index in [1.165, 1.54) is 17.5 Å². The minimum Gasteiger partial charge on any atom is -0.321 e. The molecule has 2 N–H and O–H groups in total. The van der Waals surface area contributed by atoms with Gasteiger partial charge in [-0.3, -0.25) is 14.6 Å². The normalized spacial score (nSPS) is 11.0. The van der Waals surface area contributed by atoms with Gasteiger partial charge in [-0.2, -0.15) is 5.10 Å². The Labute approximate surface area is 154 Å². The second-order valence-electron chi connectivity index (χ2n) is 5.39. The van der Waals surface area contributed by atoms with E-state index in [2.05, 4.69) is 20.8 Å². The first-order valence-electron chi connectivity index (χ1n) is 7.83. The fraction of sp³-hybridized carbons (Fsp3) is 0.0526. The van der Waals surface area contributed by atoms with Crippen LogP contribution in [0.25, 0.3) is 0 Å².